The zero-order valence-corrected chi connectivity index (χ0v) is 15.8. The van der Waals surface area contributed by atoms with E-state index in [0.717, 1.165) is 37.2 Å². The Labute approximate surface area is 158 Å². The van der Waals surface area contributed by atoms with E-state index in [2.05, 4.69) is 33.8 Å². The number of carbonyl (C=O) groups is 1. The maximum Gasteiger partial charge on any atom is 0.229 e. The Morgan fingerprint density at radius 2 is 1.92 bits per heavy atom. The van der Waals surface area contributed by atoms with Gasteiger partial charge in [-0.25, -0.2) is 4.98 Å². The molecule has 2 aliphatic rings. The molecule has 1 saturated heterocycles. The fourth-order valence-corrected chi connectivity index (χ4v) is 4.37. The first kappa shape index (κ1) is 18.4. The maximum atomic E-state index is 12.3. The van der Waals surface area contributed by atoms with E-state index in [-0.39, 0.29) is 24.2 Å². The fraction of sp³-hybridized carbons (Fsp3) is 0.474. The summed E-state index contributed by atoms with van der Waals surface area (Å²) in [5.41, 5.74) is 5.08. The third-order valence-corrected chi connectivity index (χ3v) is 5.85. The minimum Gasteiger partial charge on any atom is -0.317 e. The summed E-state index contributed by atoms with van der Waals surface area (Å²) in [6.45, 7) is 1.85. The second-order valence-electron chi connectivity index (χ2n) is 6.74. The largest absolute Gasteiger partial charge is 0.317 e. The van der Waals surface area contributed by atoms with Gasteiger partial charge in [0.1, 0.15) is 0 Å². The van der Waals surface area contributed by atoms with E-state index in [1.54, 1.807) is 0 Å². The van der Waals surface area contributed by atoms with Gasteiger partial charge in [-0.3, -0.25) is 4.79 Å². The van der Waals surface area contributed by atoms with Gasteiger partial charge in [-0.05, 0) is 68.8 Å². The van der Waals surface area contributed by atoms with E-state index >= 15 is 0 Å². The third kappa shape index (κ3) is 4.22. The first-order chi connectivity index (χ1) is 11.8. The standard InChI is InChI=1S/C19H23N3OS.ClH/c23-18(14-7-9-20-10-8-14)22-19-21-17(12-24-19)16-6-5-13-3-1-2-4-15(13)11-16;/h5-6,11-12,14,20H,1-4,7-10H2,(H,21,22,23);1H. The van der Waals surface area contributed by atoms with Crippen molar-refractivity contribution in [2.24, 2.45) is 5.92 Å². The molecule has 0 radical (unpaired) electrons. The van der Waals surface area contributed by atoms with E-state index in [1.165, 1.54) is 48.1 Å². The molecule has 1 aromatic carbocycles. The number of hydrogen-bond donors (Lipinski definition) is 2. The number of aryl methyl sites for hydroxylation is 2. The van der Waals surface area contributed by atoms with Gasteiger partial charge in [0.25, 0.3) is 0 Å². The van der Waals surface area contributed by atoms with Crippen LogP contribution in [0.15, 0.2) is 23.6 Å². The zero-order chi connectivity index (χ0) is 16.4. The van der Waals surface area contributed by atoms with Crippen molar-refractivity contribution in [3.05, 3.63) is 34.7 Å². The second kappa shape index (κ2) is 8.30. The van der Waals surface area contributed by atoms with Gasteiger partial charge in [-0.1, -0.05) is 12.1 Å². The number of carbonyl (C=O) groups excluding carboxylic acids is 1. The average molecular weight is 378 g/mol. The predicted molar refractivity (Wildman–Crippen MR) is 106 cm³/mol. The highest BCUT2D eigenvalue weighted by Gasteiger charge is 2.21. The number of nitrogens with one attached hydrogen (secondary N) is 2. The number of piperidine rings is 1. The number of benzene rings is 1. The number of hydrogen-bond acceptors (Lipinski definition) is 4. The molecule has 4 rings (SSSR count). The van der Waals surface area contributed by atoms with Crippen LogP contribution in [0, 0.1) is 5.92 Å². The number of amides is 1. The molecular formula is C19H24ClN3OS. The molecule has 0 bridgehead atoms. The Hall–Kier alpha value is -1.43. The lowest BCUT2D eigenvalue weighted by atomic mass is 9.90. The molecule has 1 fully saturated rings. The molecule has 2 heterocycles. The average Bonchev–Trinajstić information content (AvgIpc) is 3.10. The van der Waals surface area contributed by atoms with Gasteiger partial charge in [0.2, 0.25) is 5.91 Å². The molecule has 0 spiro atoms. The highest BCUT2D eigenvalue weighted by Crippen LogP contribution is 2.30. The van der Waals surface area contributed by atoms with Crippen LogP contribution in [0.4, 0.5) is 5.13 Å². The number of rotatable bonds is 3. The van der Waals surface area contributed by atoms with Gasteiger partial charge < -0.3 is 10.6 Å². The van der Waals surface area contributed by atoms with Crippen LogP contribution >= 0.6 is 23.7 Å². The molecular weight excluding hydrogens is 354 g/mol. The lowest BCUT2D eigenvalue weighted by molar-refractivity contribution is -0.120. The summed E-state index contributed by atoms with van der Waals surface area (Å²) >= 11 is 1.52. The van der Waals surface area contributed by atoms with Gasteiger partial charge in [0.15, 0.2) is 5.13 Å². The van der Waals surface area contributed by atoms with Gasteiger partial charge in [0.05, 0.1) is 5.69 Å². The van der Waals surface area contributed by atoms with E-state index < -0.39 is 0 Å². The van der Waals surface area contributed by atoms with Crippen molar-refractivity contribution in [3.8, 4) is 11.3 Å². The minimum atomic E-state index is 0. The topological polar surface area (TPSA) is 54.0 Å². The van der Waals surface area contributed by atoms with Crippen LogP contribution in [0.2, 0.25) is 0 Å². The molecule has 0 unspecified atom stereocenters. The summed E-state index contributed by atoms with van der Waals surface area (Å²) in [5, 5.41) is 9.05. The number of halogens is 1. The third-order valence-electron chi connectivity index (χ3n) is 5.09. The van der Waals surface area contributed by atoms with Gasteiger partial charge in [-0.2, -0.15) is 0 Å². The van der Waals surface area contributed by atoms with Gasteiger partial charge in [-0.15, -0.1) is 23.7 Å². The fourth-order valence-electron chi connectivity index (χ4n) is 3.65. The van der Waals surface area contributed by atoms with Crippen molar-refractivity contribution in [1.82, 2.24) is 10.3 Å². The Morgan fingerprint density at radius 3 is 2.72 bits per heavy atom. The Kier molecular flexibility index (Phi) is 6.10. The molecule has 2 aromatic rings. The molecule has 0 saturated carbocycles. The summed E-state index contributed by atoms with van der Waals surface area (Å²) in [6.07, 6.45) is 6.78. The summed E-state index contributed by atoms with van der Waals surface area (Å²) < 4.78 is 0. The normalized spacial score (nSPS) is 17.4. The number of thiazole rings is 1. The summed E-state index contributed by atoms with van der Waals surface area (Å²) in [4.78, 5) is 17.0. The van der Waals surface area contributed by atoms with E-state index in [1.807, 2.05) is 5.38 Å². The Balaban J connectivity index is 0.00000182. The molecule has 0 atom stereocenters. The Bertz CT molecular complexity index is 740. The smallest absolute Gasteiger partial charge is 0.229 e. The maximum absolute atomic E-state index is 12.3. The van der Waals surface area contributed by atoms with Crippen LogP contribution in [-0.4, -0.2) is 24.0 Å². The van der Waals surface area contributed by atoms with Crippen molar-refractivity contribution < 1.29 is 4.79 Å². The van der Waals surface area contributed by atoms with Crippen LogP contribution < -0.4 is 10.6 Å². The van der Waals surface area contributed by atoms with Gasteiger partial charge >= 0.3 is 0 Å². The molecule has 1 aromatic heterocycles. The molecule has 2 N–H and O–H groups in total. The van der Waals surface area contributed by atoms with Crippen LogP contribution in [0.3, 0.4) is 0 Å². The molecule has 6 heteroatoms. The lowest BCUT2D eigenvalue weighted by Crippen LogP contribution is -2.34. The second-order valence-corrected chi connectivity index (χ2v) is 7.60. The van der Waals surface area contributed by atoms with Crippen molar-refractivity contribution in [3.63, 3.8) is 0 Å². The van der Waals surface area contributed by atoms with Crippen LogP contribution in [0.5, 0.6) is 0 Å². The van der Waals surface area contributed by atoms with Crippen LogP contribution in [-0.2, 0) is 17.6 Å². The SMILES string of the molecule is Cl.O=C(Nc1nc(-c2ccc3c(c2)CCCC3)cs1)C1CCNCC1. The molecule has 4 nitrogen and oxygen atoms in total. The van der Waals surface area contributed by atoms with Crippen LogP contribution in [0.25, 0.3) is 11.3 Å². The monoisotopic (exact) mass is 377 g/mol. The summed E-state index contributed by atoms with van der Waals surface area (Å²) in [5.74, 6) is 0.227. The van der Waals surface area contributed by atoms with E-state index in [9.17, 15) is 4.79 Å². The number of anilines is 1. The predicted octanol–water partition coefficient (Wildman–Crippen LogP) is 4.05. The lowest BCUT2D eigenvalue weighted by Gasteiger charge is -2.21. The summed E-state index contributed by atoms with van der Waals surface area (Å²) in [6, 6.07) is 6.69. The Morgan fingerprint density at radius 1 is 1.16 bits per heavy atom. The van der Waals surface area contributed by atoms with Crippen molar-refractivity contribution in [2.45, 2.75) is 38.5 Å². The molecule has 1 amide bonds. The van der Waals surface area contributed by atoms with E-state index in [4.69, 9.17) is 0 Å². The minimum absolute atomic E-state index is 0. The van der Waals surface area contributed by atoms with Crippen LogP contribution in [0.1, 0.15) is 36.8 Å². The van der Waals surface area contributed by atoms with Crippen molar-refractivity contribution >= 4 is 34.8 Å². The molecule has 134 valence electrons. The quantitative estimate of drug-likeness (QED) is 0.848. The first-order valence-electron chi connectivity index (χ1n) is 8.89. The number of nitrogens with zero attached hydrogens (tertiary/aromatic N) is 1. The van der Waals surface area contributed by atoms with Crippen molar-refractivity contribution in [2.75, 3.05) is 18.4 Å². The number of fused-ring (bicyclic) bond motifs is 1. The first-order valence-corrected chi connectivity index (χ1v) is 9.77. The molecule has 1 aliphatic carbocycles. The highest BCUT2D eigenvalue weighted by atomic mass is 35.5. The van der Waals surface area contributed by atoms with Gasteiger partial charge in [0, 0.05) is 16.9 Å². The highest BCUT2D eigenvalue weighted by molar-refractivity contribution is 7.14. The van der Waals surface area contributed by atoms with E-state index in [0.29, 0.717) is 5.13 Å². The number of aromatic nitrogens is 1. The summed E-state index contributed by atoms with van der Waals surface area (Å²) in [7, 11) is 0. The molecule has 1 aliphatic heterocycles. The zero-order valence-electron chi connectivity index (χ0n) is 14.2. The van der Waals surface area contributed by atoms with Crippen molar-refractivity contribution in [1.29, 1.82) is 0 Å². The molecule has 25 heavy (non-hydrogen) atoms.